The van der Waals surface area contributed by atoms with Crippen molar-refractivity contribution in [2.75, 3.05) is 0 Å². The van der Waals surface area contributed by atoms with Crippen LogP contribution in [0.3, 0.4) is 0 Å². The Morgan fingerprint density at radius 1 is 0.848 bits per heavy atom. The van der Waals surface area contributed by atoms with E-state index in [1.54, 1.807) is 28.9 Å². The minimum atomic E-state index is -0.305. The third kappa shape index (κ3) is 4.64. The fourth-order valence-electron chi connectivity index (χ4n) is 3.68. The lowest BCUT2D eigenvalue weighted by Crippen LogP contribution is -2.24. The topological polar surface area (TPSA) is 51.9 Å². The Hall–Kier alpha value is -2.44. The third-order valence-electron chi connectivity index (χ3n) is 5.37. The second-order valence-electron chi connectivity index (χ2n) is 7.69. The summed E-state index contributed by atoms with van der Waals surface area (Å²) in [4.78, 5) is 13.1. The van der Waals surface area contributed by atoms with Gasteiger partial charge in [0.15, 0.2) is 5.69 Å². The SMILES string of the molecule is Cc1c(C(=O)NCc2ccc(Cl)c(Cl)c2)nn(-c2ccc(Cl)c(Cl)c2)c1-n1c(C)ccc1C. The van der Waals surface area contributed by atoms with Gasteiger partial charge in [-0.3, -0.25) is 4.79 Å². The maximum atomic E-state index is 13.1. The molecule has 2 heterocycles. The van der Waals surface area contributed by atoms with Crippen LogP contribution in [0.15, 0.2) is 48.5 Å². The van der Waals surface area contributed by atoms with Gasteiger partial charge >= 0.3 is 0 Å². The predicted octanol–water partition coefficient (Wildman–Crippen LogP) is 7.13. The number of carbonyl (C=O) groups is 1. The maximum absolute atomic E-state index is 13.1. The molecule has 0 radical (unpaired) electrons. The number of rotatable bonds is 5. The highest BCUT2D eigenvalue weighted by Gasteiger charge is 2.24. The molecule has 2 aromatic heterocycles. The largest absolute Gasteiger partial charge is 0.347 e. The first-order valence-electron chi connectivity index (χ1n) is 10.1. The molecule has 0 saturated carbocycles. The number of hydrogen-bond donors (Lipinski definition) is 1. The Morgan fingerprint density at radius 2 is 1.45 bits per heavy atom. The smallest absolute Gasteiger partial charge is 0.272 e. The van der Waals surface area contributed by atoms with Gasteiger partial charge in [-0.05, 0) is 68.8 Å². The molecule has 4 aromatic rings. The summed E-state index contributed by atoms with van der Waals surface area (Å²) in [7, 11) is 0. The van der Waals surface area contributed by atoms with Crippen LogP contribution in [0.2, 0.25) is 20.1 Å². The predicted molar refractivity (Wildman–Crippen MR) is 135 cm³/mol. The molecule has 33 heavy (non-hydrogen) atoms. The Kier molecular flexibility index (Phi) is 6.78. The molecule has 9 heteroatoms. The zero-order chi connectivity index (χ0) is 23.9. The Labute approximate surface area is 211 Å². The van der Waals surface area contributed by atoms with Gasteiger partial charge < -0.3 is 9.88 Å². The number of amides is 1. The zero-order valence-corrected chi connectivity index (χ0v) is 21.1. The molecule has 0 aliphatic heterocycles. The summed E-state index contributed by atoms with van der Waals surface area (Å²) in [5, 5.41) is 9.33. The zero-order valence-electron chi connectivity index (χ0n) is 18.1. The van der Waals surface area contributed by atoms with Crippen LogP contribution in [0.5, 0.6) is 0 Å². The van der Waals surface area contributed by atoms with Crippen molar-refractivity contribution in [3.63, 3.8) is 0 Å². The summed E-state index contributed by atoms with van der Waals surface area (Å²) in [6.45, 7) is 6.17. The normalized spacial score (nSPS) is 11.1. The quantitative estimate of drug-likeness (QED) is 0.303. The highest BCUT2D eigenvalue weighted by atomic mass is 35.5. The number of aryl methyl sites for hydroxylation is 2. The van der Waals surface area contributed by atoms with Gasteiger partial charge in [-0.1, -0.05) is 52.5 Å². The van der Waals surface area contributed by atoms with E-state index in [1.807, 2.05) is 45.0 Å². The lowest BCUT2D eigenvalue weighted by molar-refractivity contribution is 0.0945. The average Bonchev–Trinajstić information content (AvgIpc) is 3.28. The van der Waals surface area contributed by atoms with Gasteiger partial charge in [0, 0.05) is 23.5 Å². The molecule has 1 amide bonds. The van der Waals surface area contributed by atoms with Crippen molar-refractivity contribution in [2.45, 2.75) is 27.3 Å². The van der Waals surface area contributed by atoms with E-state index >= 15 is 0 Å². The Bertz CT molecular complexity index is 1350. The van der Waals surface area contributed by atoms with Crippen LogP contribution in [0.25, 0.3) is 11.5 Å². The van der Waals surface area contributed by atoms with Crippen LogP contribution in [0.4, 0.5) is 0 Å². The Balaban J connectivity index is 1.76. The lowest BCUT2D eigenvalue weighted by atomic mass is 10.2. The fraction of sp³-hybridized carbons (Fsp3) is 0.167. The number of halogens is 4. The van der Waals surface area contributed by atoms with Crippen LogP contribution in [-0.4, -0.2) is 20.3 Å². The average molecular weight is 522 g/mol. The second-order valence-corrected chi connectivity index (χ2v) is 9.32. The van der Waals surface area contributed by atoms with E-state index in [1.165, 1.54) is 0 Å². The van der Waals surface area contributed by atoms with Crippen molar-refractivity contribution in [1.29, 1.82) is 0 Å². The van der Waals surface area contributed by atoms with Crippen molar-refractivity contribution in [2.24, 2.45) is 0 Å². The second kappa shape index (κ2) is 9.43. The molecule has 0 saturated heterocycles. The standard InChI is InChI=1S/C24H20Cl4N4O/c1-13-4-5-14(2)31(13)24-15(3)22(30-32(24)17-7-9-19(26)21(28)11-17)23(33)29-12-16-6-8-18(25)20(27)10-16/h4-11H,12H2,1-3H3,(H,29,33). The van der Waals surface area contributed by atoms with Crippen molar-refractivity contribution < 1.29 is 4.79 Å². The van der Waals surface area contributed by atoms with Crippen LogP contribution < -0.4 is 5.32 Å². The Morgan fingerprint density at radius 3 is 2.06 bits per heavy atom. The summed E-state index contributed by atoms with van der Waals surface area (Å²) in [6.07, 6.45) is 0. The molecule has 0 atom stereocenters. The molecule has 0 spiro atoms. The van der Waals surface area contributed by atoms with E-state index in [4.69, 9.17) is 46.4 Å². The molecule has 5 nitrogen and oxygen atoms in total. The molecule has 2 aromatic carbocycles. The van der Waals surface area contributed by atoms with Crippen molar-refractivity contribution in [1.82, 2.24) is 19.7 Å². The van der Waals surface area contributed by atoms with Gasteiger partial charge in [0.2, 0.25) is 0 Å². The summed E-state index contributed by atoms with van der Waals surface area (Å²) < 4.78 is 3.77. The number of nitrogens with one attached hydrogen (secondary N) is 1. The molecule has 0 aliphatic carbocycles. The fourth-order valence-corrected chi connectivity index (χ4v) is 4.29. The molecular weight excluding hydrogens is 502 g/mol. The van der Waals surface area contributed by atoms with Gasteiger partial charge in [0.05, 0.1) is 25.8 Å². The van der Waals surface area contributed by atoms with Gasteiger partial charge in [-0.15, -0.1) is 0 Å². The van der Waals surface area contributed by atoms with E-state index in [9.17, 15) is 4.79 Å². The van der Waals surface area contributed by atoms with Gasteiger partial charge in [0.25, 0.3) is 5.91 Å². The summed E-state index contributed by atoms with van der Waals surface area (Å²) in [5.74, 6) is 0.453. The molecule has 1 N–H and O–H groups in total. The number of hydrogen-bond acceptors (Lipinski definition) is 2. The van der Waals surface area contributed by atoms with Crippen molar-refractivity contribution in [3.05, 3.63) is 96.8 Å². The first kappa shape index (κ1) is 23.7. The van der Waals surface area contributed by atoms with E-state index in [0.29, 0.717) is 31.5 Å². The molecule has 4 rings (SSSR count). The van der Waals surface area contributed by atoms with Crippen molar-refractivity contribution in [3.8, 4) is 11.5 Å². The third-order valence-corrected chi connectivity index (χ3v) is 6.85. The van der Waals surface area contributed by atoms with Crippen LogP contribution in [0.1, 0.15) is 33.0 Å². The highest BCUT2D eigenvalue weighted by molar-refractivity contribution is 6.42. The summed E-state index contributed by atoms with van der Waals surface area (Å²) in [6, 6.07) is 14.5. The first-order chi connectivity index (χ1) is 15.7. The first-order valence-corrected chi connectivity index (χ1v) is 11.6. The van der Waals surface area contributed by atoms with Crippen LogP contribution in [0, 0.1) is 20.8 Å². The number of benzene rings is 2. The summed E-state index contributed by atoms with van der Waals surface area (Å²) in [5.41, 5.74) is 4.59. The molecule has 0 fully saturated rings. The minimum absolute atomic E-state index is 0.283. The number of carbonyl (C=O) groups excluding carboxylic acids is 1. The maximum Gasteiger partial charge on any atom is 0.272 e. The highest BCUT2D eigenvalue weighted by Crippen LogP contribution is 2.29. The molecule has 0 aliphatic rings. The monoisotopic (exact) mass is 520 g/mol. The number of aromatic nitrogens is 3. The van der Waals surface area contributed by atoms with Gasteiger partial charge in [0.1, 0.15) is 5.82 Å². The lowest BCUT2D eigenvalue weighted by Gasteiger charge is -2.14. The van der Waals surface area contributed by atoms with Gasteiger partial charge in [-0.2, -0.15) is 5.10 Å². The number of nitrogens with zero attached hydrogens (tertiary/aromatic N) is 3. The van der Waals surface area contributed by atoms with Crippen LogP contribution >= 0.6 is 46.4 Å². The summed E-state index contributed by atoms with van der Waals surface area (Å²) >= 11 is 24.5. The van der Waals surface area contributed by atoms with Gasteiger partial charge in [-0.25, -0.2) is 4.68 Å². The van der Waals surface area contributed by atoms with E-state index in [0.717, 1.165) is 28.3 Å². The molecule has 170 valence electrons. The van der Waals surface area contributed by atoms with E-state index < -0.39 is 0 Å². The molecule has 0 unspecified atom stereocenters. The van der Waals surface area contributed by atoms with E-state index in [-0.39, 0.29) is 12.5 Å². The van der Waals surface area contributed by atoms with E-state index in [2.05, 4.69) is 15.0 Å². The minimum Gasteiger partial charge on any atom is -0.347 e. The van der Waals surface area contributed by atoms with Crippen molar-refractivity contribution >= 4 is 52.3 Å². The molecular formula is C24H20Cl4N4O. The molecule has 0 bridgehead atoms. The van der Waals surface area contributed by atoms with Crippen LogP contribution in [-0.2, 0) is 6.54 Å².